The van der Waals surface area contributed by atoms with Gasteiger partial charge in [-0.3, -0.25) is 14.2 Å². The maximum atomic E-state index is 14.6. The lowest BCUT2D eigenvalue weighted by Crippen LogP contribution is -2.50. The number of imidazole rings is 1. The summed E-state index contributed by atoms with van der Waals surface area (Å²) in [6.07, 6.45) is 7.66. The van der Waals surface area contributed by atoms with Gasteiger partial charge in [-0.25, -0.2) is 28.3 Å². The topological polar surface area (TPSA) is 151 Å². The molecule has 2 amide bonds. The minimum atomic E-state index is -4.34. The van der Waals surface area contributed by atoms with E-state index in [2.05, 4.69) is 20.3 Å². The largest absolute Gasteiger partial charge is 0.394 e. The van der Waals surface area contributed by atoms with Crippen LogP contribution in [0.3, 0.4) is 0 Å². The molecule has 14 heteroatoms. The molecule has 12 nitrogen and oxygen atoms in total. The molecule has 258 valence electrons. The van der Waals surface area contributed by atoms with Crippen LogP contribution in [-0.2, 0) is 31.6 Å². The van der Waals surface area contributed by atoms with E-state index in [1.165, 1.54) is 26.3 Å². The van der Waals surface area contributed by atoms with E-state index in [1.54, 1.807) is 37.5 Å². The fourth-order valence-electron chi connectivity index (χ4n) is 6.91. The second-order valence-electron chi connectivity index (χ2n) is 13.4. The second kappa shape index (κ2) is 13.6. The van der Waals surface area contributed by atoms with Gasteiger partial charge in [-0.1, -0.05) is 49.7 Å². The van der Waals surface area contributed by atoms with Crippen LogP contribution in [0.2, 0.25) is 5.02 Å². The van der Waals surface area contributed by atoms with Crippen LogP contribution in [0.15, 0.2) is 72.4 Å². The molecule has 2 aliphatic heterocycles. The highest BCUT2D eigenvalue weighted by Crippen LogP contribution is 2.45. The van der Waals surface area contributed by atoms with Crippen LogP contribution in [0.5, 0.6) is 0 Å². The molecule has 6 rings (SSSR count). The number of nitrogens with zero attached hydrogens (tertiary/aromatic N) is 6. The van der Waals surface area contributed by atoms with Gasteiger partial charge in [0, 0.05) is 35.9 Å². The number of anilines is 2. The van der Waals surface area contributed by atoms with E-state index in [0.29, 0.717) is 30.0 Å². The van der Waals surface area contributed by atoms with E-state index in [1.807, 2.05) is 45.0 Å². The summed E-state index contributed by atoms with van der Waals surface area (Å²) in [5.41, 5.74) is 2.39. The molecule has 0 saturated carbocycles. The number of sulfonamides is 1. The summed E-state index contributed by atoms with van der Waals surface area (Å²) < 4.78 is 31.8. The van der Waals surface area contributed by atoms with Crippen LogP contribution in [0, 0.1) is 12.8 Å². The Morgan fingerprint density at radius 3 is 2.47 bits per heavy atom. The minimum Gasteiger partial charge on any atom is -0.394 e. The number of amides is 2. The van der Waals surface area contributed by atoms with Gasteiger partial charge in [-0.2, -0.15) is 4.31 Å². The molecule has 4 aromatic rings. The van der Waals surface area contributed by atoms with Crippen molar-refractivity contribution >= 4 is 45.1 Å². The van der Waals surface area contributed by atoms with Crippen molar-refractivity contribution < 1.29 is 23.1 Å². The Balaban J connectivity index is 1.40. The maximum absolute atomic E-state index is 14.6. The molecule has 0 aliphatic carbocycles. The lowest BCUT2D eigenvalue weighted by atomic mass is 9.91. The van der Waals surface area contributed by atoms with Gasteiger partial charge in [0.2, 0.25) is 11.9 Å². The number of rotatable bonds is 11. The van der Waals surface area contributed by atoms with Crippen LogP contribution in [0.1, 0.15) is 51.2 Å². The van der Waals surface area contributed by atoms with Gasteiger partial charge in [-0.15, -0.1) is 0 Å². The molecule has 2 N–H and O–H groups in total. The van der Waals surface area contributed by atoms with Crippen molar-refractivity contribution in [2.24, 2.45) is 5.92 Å². The van der Waals surface area contributed by atoms with Gasteiger partial charge in [0.05, 0.1) is 24.5 Å². The zero-order chi connectivity index (χ0) is 35.1. The lowest BCUT2D eigenvalue weighted by Gasteiger charge is -2.29. The zero-order valence-electron chi connectivity index (χ0n) is 27.9. The Labute approximate surface area is 291 Å². The molecule has 2 aromatic carbocycles. The standard InChI is InChI=1S/C35H40ClN7O5S/c1-22(2)12-28(20-44)40-32(45)30-6-5-11-41(30)49(47,48)31-19-39-34-42(29-14-23(3)13-27(36)15-29)33(46)35(4,43(31)34)16-24-7-9-25(10-8-24)26-17-37-21-38-18-26/h7-10,13-15,17-19,21-22,28,30,44H,5-6,11-12,16,20H2,1-4H3,(H,40,45)/t28-,30+,35-/m1/s1. The molecule has 0 radical (unpaired) electrons. The SMILES string of the molecule is Cc1cc(Cl)cc(N2C(=O)[C@@](C)(Cc3ccc(-c4cncnc4)cc3)n3c(S(=O)(=O)N4CCC[C@H]4C(=O)N[C@@H](CO)CC(C)C)cnc32)c1. The first-order chi connectivity index (χ1) is 23.3. The number of aryl methyl sites for hydroxylation is 1. The summed E-state index contributed by atoms with van der Waals surface area (Å²) in [6, 6.07) is 11.4. The molecule has 0 spiro atoms. The normalized spacial score (nSPS) is 20.2. The van der Waals surface area contributed by atoms with Crippen molar-refractivity contribution in [3.8, 4) is 11.1 Å². The number of halogens is 1. The first-order valence-electron chi connectivity index (χ1n) is 16.3. The number of aliphatic hydroxyl groups is 1. The van der Waals surface area contributed by atoms with Crippen LogP contribution in [0.25, 0.3) is 11.1 Å². The Morgan fingerprint density at radius 2 is 1.82 bits per heavy atom. The number of carbonyl (C=O) groups excluding carboxylic acids is 2. The number of hydrogen-bond donors (Lipinski definition) is 2. The van der Waals surface area contributed by atoms with Crippen molar-refractivity contribution in [3.05, 3.63) is 83.5 Å². The number of aliphatic hydroxyl groups excluding tert-OH is 1. The number of hydrogen-bond acceptors (Lipinski definition) is 8. The number of nitrogens with one attached hydrogen (secondary N) is 1. The molecule has 2 aromatic heterocycles. The molecule has 0 bridgehead atoms. The molecular formula is C35H40ClN7O5S. The molecule has 1 fully saturated rings. The van der Waals surface area contributed by atoms with E-state index < -0.39 is 33.6 Å². The Hall–Kier alpha value is -4.17. The number of fused-ring (bicyclic) bond motifs is 1. The Bertz CT molecular complexity index is 1950. The van der Waals surface area contributed by atoms with Crippen molar-refractivity contribution in [2.45, 2.75) is 76.0 Å². The quantitative estimate of drug-likeness (QED) is 0.230. The van der Waals surface area contributed by atoms with Gasteiger partial charge >= 0.3 is 0 Å². The van der Waals surface area contributed by atoms with Gasteiger partial charge < -0.3 is 10.4 Å². The molecule has 49 heavy (non-hydrogen) atoms. The lowest BCUT2D eigenvalue weighted by molar-refractivity contribution is -0.125. The van der Waals surface area contributed by atoms with Crippen LogP contribution in [0.4, 0.5) is 11.6 Å². The predicted octanol–water partition coefficient (Wildman–Crippen LogP) is 4.61. The van der Waals surface area contributed by atoms with Crippen molar-refractivity contribution in [2.75, 3.05) is 18.1 Å². The van der Waals surface area contributed by atoms with Crippen LogP contribution < -0.4 is 10.2 Å². The Kier molecular flexibility index (Phi) is 9.64. The first kappa shape index (κ1) is 34.7. The van der Waals surface area contributed by atoms with Crippen molar-refractivity contribution in [1.29, 1.82) is 0 Å². The van der Waals surface area contributed by atoms with E-state index in [0.717, 1.165) is 22.3 Å². The average Bonchev–Trinajstić information content (AvgIpc) is 3.78. The predicted molar refractivity (Wildman–Crippen MR) is 186 cm³/mol. The van der Waals surface area contributed by atoms with E-state index in [4.69, 9.17) is 11.6 Å². The van der Waals surface area contributed by atoms with E-state index >= 15 is 0 Å². The average molecular weight is 706 g/mol. The van der Waals surface area contributed by atoms with E-state index in [-0.39, 0.29) is 42.4 Å². The van der Waals surface area contributed by atoms with Crippen LogP contribution in [-0.4, -0.2) is 74.4 Å². The number of aromatic nitrogens is 4. The van der Waals surface area contributed by atoms with E-state index in [9.17, 15) is 23.1 Å². The molecule has 2 aliphatic rings. The Morgan fingerprint density at radius 1 is 1.10 bits per heavy atom. The molecule has 4 heterocycles. The van der Waals surface area contributed by atoms with Gasteiger partial charge in [0.15, 0.2) is 5.03 Å². The molecular weight excluding hydrogens is 666 g/mol. The summed E-state index contributed by atoms with van der Waals surface area (Å²) in [7, 11) is -4.34. The first-order valence-corrected chi connectivity index (χ1v) is 18.1. The highest BCUT2D eigenvalue weighted by atomic mass is 35.5. The fraction of sp³-hybridized carbons (Fsp3) is 0.400. The third kappa shape index (κ3) is 6.60. The number of carbonyl (C=O) groups is 2. The molecule has 3 atom stereocenters. The van der Waals surface area contributed by atoms with Crippen molar-refractivity contribution in [1.82, 2.24) is 29.1 Å². The summed E-state index contributed by atoms with van der Waals surface area (Å²) in [5, 5.41) is 13.0. The van der Waals surface area contributed by atoms with Crippen molar-refractivity contribution in [3.63, 3.8) is 0 Å². The summed E-state index contributed by atoms with van der Waals surface area (Å²) in [4.78, 5) is 42.2. The summed E-state index contributed by atoms with van der Waals surface area (Å²) in [5.74, 6) is -0.464. The molecule has 0 unspecified atom stereocenters. The highest BCUT2D eigenvalue weighted by Gasteiger charge is 2.53. The zero-order valence-corrected chi connectivity index (χ0v) is 29.4. The monoisotopic (exact) mass is 705 g/mol. The number of benzene rings is 2. The summed E-state index contributed by atoms with van der Waals surface area (Å²) in [6.45, 7) is 7.42. The summed E-state index contributed by atoms with van der Waals surface area (Å²) >= 11 is 6.42. The molecule has 1 saturated heterocycles. The fourth-order valence-corrected chi connectivity index (χ4v) is 9.04. The van der Waals surface area contributed by atoms with Gasteiger partial charge in [0.25, 0.3) is 15.9 Å². The third-order valence-electron chi connectivity index (χ3n) is 9.15. The smallest absolute Gasteiger partial charge is 0.261 e. The second-order valence-corrected chi connectivity index (χ2v) is 15.7. The van der Waals surface area contributed by atoms with Crippen LogP contribution >= 0.6 is 11.6 Å². The maximum Gasteiger partial charge on any atom is 0.261 e. The third-order valence-corrected chi connectivity index (χ3v) is 11.2. The highest BCUT2D eigenvalue weighted by molar-refractivity contribution is 7.89. The van der Waals surface area contributed by atoms with Gasteiger partial charge in [0.1, 0.15) is 17.9 Å². The van der Waals surface area contributed by atoms with Gasteiger partial charge in [-0.05, 0) is 73.9 Å². The minimum absolute atomic E-state index is 0.126.